The number of nitrogens with one attached hydrogen (secondary N) is 1. The van der Waals surface area contributed by atoms with Crippen molar-refractivity contribution in [2.45, 2.75) is 125 Å². The van der Waals surface area contributed by atoms with Crippen LogP contribution in [0.15, 0.2) is 72.8 Å². The number of rotatable bonds is 26. The van der Waals surface area contributed by atoms with Crippen LogP contribution in [0, 0.1) is 5.92 Å². The largest absolute Gasteiger partial charge is 0.497 e. The van der Waals surface area contributed by atoms with Gasteiger partial charge in [0.15, 0.2) is 8.32 Å². The first kappa shape index (κ1) is 60.4. The predicted octanol–water partition coefficient (Wildman–Crippen LogP) is 14.2. The number of hydrogen-bond donors (Lipinski definition) is 1. The molecule has 0 bridgehead atoms. The highest BCUT2D eigenvalue weighted by atomic mass is 28.4. The van der Waals surface area contributed by atoms with Gasteiger partial charge in [0.05, 0.1) is 20.3 Å². The van der Waals surface area contributed by atoms with Crippen molar-refractivity contribution in [2.75, 3.05) is 32.2 Å². The van der Waals surface area contributed by atoms with Crippen molar-refractivity contribution in [3.05, 3.63) is 78.4 Å². The molecule has 0 fully saturated rings. The third-order valence-corrected chi connectivity index (χ3v) is 16.5. The van der Waals surface area contributed by atoms with Crippen LogP contribution in [-0.2, 0) is 18.7 Å². The molecule has 392 valence electrons. The van der Waals surface area contributed by atoms with Crippen LogP contribution in [0.1, 0.15) is 66.1 Å². The van der Waals surface area contributed by atoms with E-state index in [-0.39, 0.29) is 12.4 Å². The molecule has 0 unspecified atom stereocenters. The average Bonchev–Trinajstić information content (AvgIpc) is 3.24. The van der Waals surface area contributed by atoms with Gasteiger partial charge in [-0.3, -0.25) is 5.32 Å². The molecule has 0 radical (unpaired) electrons. The fraction of sp³-hybridized carbons (Fsp3) is 0.581. The van der Waals surface area contributed by atoms with Gasteiger partial charge in [0.25, 0.3) is 0 Å². The molecule has 0 aromatic heterocycles. The fourth-order valence-corrected chi connectivity index (χ4v) is 11.2. The maximum Gasteiger partial charge on any atom is 0.460 e. The average molecular weight is 1040 g/mol. The smallest absolute Gasteiger partial charge is 0.460 e. The quantitative estimate of drug-likeness (QED) is 0.0251. The van der Waals surface area contributed by atoms with Crippen LogP contribution in [0.25, 0.3) is 0 Å². The first-order chi connectivity index (χ1) is 31.5. The predicted molar refractivity (Wildman–Crippen MR) is 218 cm³/mol. The molecule has 0 saturated heterocycles. The fourth-order valence-electron chi connectivity index (χ4n) is 6.77. The van der Waals surface area contributed by atoms with Crippen LogP contribution in [-0.4, -0.2) is 94.9 Å². The summed E-state index contributed by atoms with van der Waals surface area (Å²) in [6, 6.07) is 10.9. The zero-order valence-corrected chi connectivity index (χ0v) is 38.8. The molecule has 2 atom stereocenters. The molecule has 0 saturated carbocycles. The summed E-state index contributed by atoms with van der Waals surface area (Å²) in [6.07, 6.45) is -5.89. The molecule has 0 aliphatic carbocycles. The molecule has 0 aliphatic heterocycles. The Hall–Kier alpha value is -4.75. The molecule has 2 rings (SSSR count). The number of ether oxygens (including phenoxy) is 4. The number of amides is 1. The number of carbonyl (C=O) groups is 2. The monoisotopic (exact) mass is 1040 g/mol. The minimum atomic E-state index is -8.70. The Bertz CT molecular complexity index is 2020. The molecule has 69 heavy (non-hydrogen) atoms. The summed E-state index contributed by atoms with van der Waals surface area (Å²) < 4.78 is 264. The van der Waals surface area contributed by atoms with E-state index in [1.807, 2.05) is 0 Å². The first-order valence-corrected chi connectivity index (χ1v) is 22.9. The van der Waals surface area contributed by atoms with Gasteiger partial charge in [0, 0.05) is 24.1 Å². The van der Waals surface area contributed by atoms with Crippen molar-refractivity contribution in [2.24, 2.45) is 5.92 Å². The maximum atomic E-state index is 15.0. The van der Waals surface area contributed by atoms with E-state index in [2.05, 4.69) is 5.32 Å². The summed E-state index contributed by atoms with van der Waals surface area (Å²) in [4.78, 5) is 24.6. The number of carbonyl (C=O) groups excluding carboxylic acids is 2. The molecular formula is C43H50F17NO7Si. The van der Waals surface area contributed by atoms with Crippen LogP contribution in [0.3, 0.4) is 0 Å². The lowest BCUT2D eigenvalue weighted by atomic mass is 9.88. The van der Waals surface area contributed by atoms with Gasteiger partial charge in [-0.2, -0.15) is 74.6 Å². The van der Waals surface area contributed by atoms with Gasteiger partial charge in [0.2, 0.25) is 0 Å². The summed E-state index contributed by atoms with van der Waals surface area (Å²) in [5.41, 5.74) is -0.951. The summed E-state index contributed by atoms with van der Waals surface area (Å²) in [5, 5.41) is 2.60. The van der Waals surface area contributed by atoms with Crippen molar-refractivity contribution in [3.8, 4) is 11.5 Å². The standard InChI is InChI=1S/C43H50F17NO7Si/c1-8-65-33(62)13-11-9-10-12-28(6)34(68-35(63)61-30-16-20-31(64-7)21-17-30)29-14-18-32(19-15-29)66-23-24-67-69(26(2)3,27(4)5)25-22-36(44,45)37(46,47)38(48,49)39(50,51)40(52,53)41(54,55)42(56,57)43(58,59)60/h9-11,13-21,26-28,34H,8,12,22-25H2,1-7H3,(H,61,63)/b10-9+,13-11+/t28-,34-/m1/s1. The summed E-state index contributed by atoms with van der Waals surface area (Å²) in [7, 11) is -2.56. The van der Waals surface area contributed by atoms with E-state index in [0.29, 0.717) is 23.4 Å². The van der Waals surface area contributed by atoms with Gasteiger partial charge >= 0.3 is 59.7 Å². The van der Waals surface area contributed by atoms with Crippen LogP contribution in [0.5, 0.6) is 11.5 Å². The Kier molecular flexibility index (Phi) is 20.1. The Morgan fingerprint density at radius 1 is 0.652 bits per heavy atom. The number of halogens is 17. The van der Waals surface area contributed by atoms with E-state index in [0.717, 1.165) is 0 Å². The van der Waals surface area contributed by atoms with Crippen LogP contribution >= 0.6 is 0 Å². The molecule has 0 heterocycles. The highest BCUT2D eigenvalue weighted by molar-refractivity contribution is 6.76. The first-order valence-electron chi connectivity index (χ1n) is 20.6. The van der Waals surface area contributed by atoms with Gasteiger partial charge in [-0.05, 0) is 72.4 Å². The Balaban J connectivity index is 2.30. The number of methoxy groups -OCH3 is 1. The summed E-state index contributed by atoms with van der Waals surface area (Å²) in [5.74, 6) is -57.2. The summed E-state index contributed by atoms with van der Waals surface area (Å²) in [6.45, 7) is 7.91. The van der Waals surface area contributed by atoms with Gasteiger partial charge in [-0.1, -0.05) is 65.0 Å². The Labute approximate surface area is 386 Å². The van der Waals surface area contributed by atoms with Crippen molar-refractivity contribution in [3.63, 3.8) is 0 Å². The molecule has 2 aromatic rings. The molecule has 1 N–H and O–H groups in total. The van der Waals surface area contributed by atoms with E-state index >= 15 is 8.78 Å². The molecule has 2 aromatic carbocycles. The molecule has 1 amide bonds. The normalized spacial score (nSPS) is 14.9. The zero-order chi connectivity index (χ0) is 53.2. The van der Waals surface area contributed by atoms with Crippen molar-refractivity contribution < 1.29 is 108 Å². The molecule has 0 aliphatic rings. The van der Waals surface area contributed by atoms with Gasteiger partial charge in [0.1, 0.15) is 24.2 Å². The van der Waals surface area contributed by atoms with E-state index in [1.54, 1.807) is 50.3 Å². The minimum absolute atomic E-state index is 0.131. The van der Waals surface area contributed by atoms with Crippen molar-refractivity contribution in [1.82, 2.24) is 0 Å². The Morgan fingerprint density at radius 2 is 1.14 bits per heavy atom. The van der Waals surface area contributed by atoms with Crippen LogP contribution in [0.2, 0.25) is 17.1 Å². The topological polar surface area (TPSA) is 92.3 Å². The summed E-state index contributed by atoms with van der Waals surface area (Å²) >= 11 is 0. The van der Waals surface area contributed by atoms with Gasteiger partial charge in [-0.15, -0.1) is 0 Å². The number of allylic oxidation sites excluding steroid dienone is 3. The lowest BCUT2D eigenvalue weighted by Crippen LogP contribution is -2.74. The number of hydrogen-bond acceptors (Lipinski definition) is 7. The highest BCUT2D eigenvalue weighted by Gasteiger charge is 2.95. The number of alkyl halides is 17. The van der Waals surface area contributed by atoms with E-state index in [4.69, 9.17) is 23.4 Å². The van der Waals surface area contributed by atoms with E-state index in [9.17, 15) is 75.4 Å². The lowest BCUT2D eigenvalue weighted by molar-refractivity contribution is -0.461. The second-order valence-electron chi connectivity index (χ2n) is 16.1. The SMILES string of the molecule is CCOC(=O)/C=C/C=C/C[C@@H](C)[C@@H](OC(=O)Nc1ccc(OC)cc1)c1ccc(OCCO[Si](CCC(F)(F)C(F)(F)C(F)(F)C(F)(F)C(F)(F)C(F)(F)C(F)(F)C(F)(F)F)(C(C)C)C(C)C)cc1. The van der Waals surface area contributed by atoms with E-state index in [1.165, 1.54) is 71.2 Å². The molecule has 26 heteroatoms. The second kappa shape index (κ2) is 23.0. The number of esters is 1. The minimum Gasteiger partial charge on any atom is -0.497 e. The van der Waals surface area contributed by atoms with Crippen LogP contribution < -0.4 is 14.8 Å². The van der Waals surface area contributed by atoms with Crippen LogP contribution in [0.4, 0.5) is 85.1 Å². The number of anilines is 1. The third-order valence-electron chi connectivity index (χ3n) is 10.9. The lowest BCUT2D eigenvalue weighted by Gasteiger charge is -2.44. The van der Waals surface area contributed by atoms with Gasteiger partial charge < -0.3 is 23.4 Å². The molecule has 0 spiro atoms. The zero-order valence-electron chi connectivity index (χ0n) is 37.8. The Morgan fingerprint density at radius 3 is 1.62 bits per heavy atom. The third kappa shape index (κ3) is 13.2. The number of benzene rings is 2. The second-order valence-corrected chi connectivity index (χ2v) is 21.1. The maximum absolute atomic E-state index is 15.0. The van der Waals surface area contributed by atoms with Crippen molar-refractivity contribution >= 4 is 26.1 Å². The highest BCUT2D eigenvalue weighted by Crippen LogP contribution is 2.64. The molecular weight excluding hydrogens is 994 g/mol. The van der Waals surface area contributed by atoms with Gasteiger partial charge in [-0.25, -0.2) is 9.59 Å². The van der Waals surface area contributed by atoms with E-state index < -0.39 is 117 Å². The van der Waals surface area contributed by atoms with Crippen molar-refractivity contribution in [1.29, 1.82) is 0 Å². The molecule has 8 nitrogen and oxygen atoms in total.